The van der Waals surface area contributed by atoms with Crippen molar-refractivity contribution in [3.8, 4) is 5.75 Å². The van der Waals surface area contributed by atoms with Gasteiger partial charge in [0.1, 0.15) is 11.4 Å². The summed E-state index contributed by atoms with van der Waals surface area (Å²) in [6.07, 6.45) is 0. The van der Waals surface area contributed by atoms with Gasteiger partial charge in [-0.3, -0.25) is 0 Å². The number of halogens is 1. The first kappa shape index (κ1) is 10.3. The Balaban J connectivity index is 3.22. The van der Waals surface area contributed by atoms with E-state index in [2.05, 4.69) is 4.74 Å². The Hall–Kier alpha value is -1.78. The molecule has 0 bridgehead atoms. The van der Waals surface area contributed by atoms with E-state index in [4.69, 9.17) is 10.5 Å². The Morgan fingerprint density at radius 3 is 2.57 bits per heavy atom. The zero-order valence-electron chi connectivity index (χ0n) is 7.83. The highest BCUT2D eigenvalue weighted by atomic mass is 19.1. The van der Waals surface area contributed by atoms with Gasteiger partial charge in [-0.2, -0.15) is 0 Å². The van der Waals surface area contributed by atoms with E-state index in [1.807, 2.05) is 0 Å². The van der Waals surface area contributed by atoms with E-state index in [1.54, 1.807) is 0 Å². The van der Waals surface area contributed by atoms with Crippen molar-refractivity contribution in [1.29, 1.82) is 0 Å². The van der Waals surface area contributed by atoms with E-state index in [9.17, 15) is 9.18 Å². The molecule has 0 fully saturated rings. The van der Waals surface area contributed by atoms with Gasteiger partial charge in [0.2, 0.25) is 0 Å². The second-order valence-electron chi connectivity index (χ2n) is 2.57. The molecule has 1 aromatic rings. The number of nitrogen functional groups attached to an aromatic ring is 1. The third-order valence-electron chi connectivity index (χ3n) is 1.73. The van der Waals surface area contributed by atoms with Crippen LogP contribution in [0.1, 0.15) is 10.4 Å². The minimum Gasteiger partial charge on any atom is -0.494 e. The number of ether oxygens (including phenoxy) is 2. The molecule has 0 radical (unpaired) electrons. The van der Waals surface area contributed by atoms with Crippen LogP contribution in [0.2, 0.25) is 0 Å². The number of esters is 1. The third kappa shape index (κ3) is 1.76. The Morgan fingerprint density at radius 2 is 2.07 bits per heavy atom. The van der Waals surface area contributed by atoms with Crippen LogP contribution in [0.25, 0.3) is 0 Å². The van der Waals surface area contributed by atoms with Crippen molar-refractivity contribution in [2.75, 3.05) is 20.0 Å². The van der Waals surface area contributed by atoms with Crippen LogP contribution in [-0.4, -0.2) is 20.2 Å². The first-order chi connectivity index (χ1) is 6.60. The molecular formula is C9H10FNO3. The zero-order chi connectivity index (χ0) is 10.7. The number of methoxy groups -OCH3 is 2. The molecule has 0 spiro atoms. The van der Waals surface area contributed by atoms with Gasteiger partial charge in [0.15, 0.2) is 5.82 Å². The summed E-state index contributed by atoms with van der Waals surface area (Å²) in [6, 6.07) is 2.33. The third-order valence-corrected chi connectivity index (χ3v) is 1.73. The van der Waals surface area contributed by atoms with Crippen molar-refractivity contribution >= 4 is 11.7 Å². The smallest absolute Gasteiger partial charge is 0.338 e. The number of carbonyl (C=O) groups is 1. The molecule has 1 rings (SSSR count). The van der Waals surface area contributed by atoms with Crippen LogP contribution in [-0.2, 0) is 4.74 Å². The van der Waals surface area contributed by atoms with Crippen LogP contribution < -0.4 is 10.5 Å². The second-order valence-corrected chi connectivity index (χ2v) is 2.57. The molecule has 0 aliphatic heterocycles. The van der Waals surface area contributed by atoms with E-state index in [0.717, 1.165) is 6.07 Å². The van der Waals surface area contributed by atoms with Gasteiger partial charge in [0, 0.05) is 0 Å². The second kappa shape index (κ2) is 3.95. The fraction of sp³-hybridized carbons (Fsp3) is 0.222. The van der Waals surface area contributed by atoms with Gasteiger partial charge in [-0.15, -0.1) is 0 Å². The predicted molar refractivity (Wildman–Crippen MR) is 48.7 cm³/mol. The Bertz CT molecular complexity index is 365. The molecule has 2 N–H and O–H groups in total. The van der Waals surface area contributed by atoms with Gasteiger partial charge in [-0.1, -0.05) is 0 Å². The molecule has 0 aliphatic rings. The van der Waals surface area contributed by atoms with E-state index in [1.165, 1.54) is 20.3 Å². The van der Waals surface area contributed by atoms with Crippen molar-refractivity contribution in [2.24, 2.45) is 0 Å². The number of hydrogen-bond donors (Lipinski definition) is 1. The molecule has 14 heavy (non-hydrogen) atoms. The predicted octanol–water partition coefficient (Wildman–Crippen LogP) is 1.20. The molecule has 0 atom stereocenters. The van der Waals surface area contributed by atoms with E-state index in [-0.39, 0.29) is 17.0 Å². The quantitative estimate of drug-likeness (QED) is 0.574. The normalized spacial score (nSPS) is 9.64. The summed E-state index contributed by atoms with van der Waals surface area (Å²) in [5, 5.41) is 0. The Morgan fingerprint density at radius 1 is 1.43 bits per heavy atom. The minimum absolute atomic E-state index is 0.0658. The molecule has 0 heterocycles. The van der Waals surface area contributed by atoms with Crippen LogP contribution in [0.5, 0.6) is 5.75 Å². The molecule has 1 aromatic carbocycles. The SMILES string of the molecule is COC(=O)c1cc(F)c(N)c(OC)c1. The average Bonchev–Trinajstić information content (AvgIpc) is 2.20. The topological polar surface area (TPSA) is 61.5 Å². The summed E-state index contributed by atoms with van der Waals surface area (Å²) >= 11 is 0. The van der Waals surface area contributed by atoms with Crippen molar-refractivity contribution < 1.29 is 18.7 Å². The average molecular weight is 199 g/mol. The number of hydrogen-bond acceptors (Lipinski definition) is 4. The largest absolute Gasteiger partial charge is 0.494 e. The molecule has 76 valence electrons. The molecule has 5 heteroatoms. The highest BCUT2D eigenvalue weighted by Gasteiger charge is 2.13. The maximum Gasteiger partial charge on any atom is 0.338 e. The van der Waals surface area contributed by atoms with E-state index in [0.29, 0.717) is 0 Å². The lowest BCUT2D eigenvalue weighted by molar-refractivity contribution is 0.0600. The summed E-state index contributed by atoms with van der Waals surface area (Å²) in [4.78, 5) is 11.1. The van der Waals surface area contributed by atoms with Crippen LogP contribution in [0, 0.1) is 5.82 Å². The van der Waals surface area contributed by atoms with Crippen LogP contribution >= 0.6 is 0 Å². The van der Waals surface area contributed by atoms with E-state index < -0.39 is 11.8 Å². The van der Waals surface area contributed by atoms with Gasteiger partial charge in [0.25, 0.3) is 0 Å². The molecule has 4 nitrogen and oxygen atoms in total. The molecule has 0 aromatic heterocycles. The van der Waals surface area contributed by atoms with Gasteiger partial charge in [0.05, 0.1) is 19.8 Å². The van der Waals surface area contributed by atoms with Crippen molar-refractivity contribution in [3.05, 3.63) is 23.5 Å². The van der Waals surface area contributed by atoms with Crippen LogP contribution in [0.3, 0.4) is 0 Å². The van der Waals surface area contributed by atoms with Gasteiger partial charge in [-0.05, 0) is 12.1 Å². The number of nitrogens with two attached hydrogens (primary N) is 1. The number of anilines is 1. The zero-order valence-corrected chi connectivity index (χ0v) is 7.83. The molecule has 0 saturated heterocycles. The minimum atomic E-state index is -0.704. The molecule has 0 unspecified atom stereocenters. The fourth-order valence-corrected chi connectivity index (χ4v) is 0.997. The lowest BCUT2D eigenvalue weighted by atomic mass is 10.2. The summed E-state index contributed by atoms with van der Waals surface area (Å²) in [7, 11) is 2.55. The maximum atomic E-state index is 13.1. The Kier molecular flexibility index (Phi) is 2.91. The lowest BCUT2D eigenvalue weighted by Gasteiger charge is -2.07. The fourth-order valence-electron chi connectivity index (χ4n) is 0.997. The van der Waals surface area contributed by atoms with Crippen molar-refractivity contribution in [1.82, 2.24) is 0 Å². The van der Waals surface area contributed by atoms with Gasteiger partial charge in [-0.25, -0.2) is 9.18 Å². The summed E-state index contributed by atoms with van der Waals surface area (Å²) in [5.74, 6) is -1.22. The molecule has 0 saturated carbocycles. The molecule has 0 aliphatic carbocycles. The number of rotatable bonds is 2. The standard InChI is InChI=1S/C9H10FNO3/c1-13-7-4-5(9(12)14-2)3-6(10)8(7)11/h3-4H,11H2,1-2H3. The first-order valence-electron chi connectivity index (χ1n) is 3.81. The molecule has 0 amide bonds. The first-order valence-corrected chi connectivity index (χ1v) is 3.81. The lowest BCUT2D eigenvalue weighted by Crippen LogP contribution is -2.04. The van der Waals surface area contributed by atoms with Crippen LogP contribution in [0.4, 0.5) is 10.1 Å². The highest BCUT2D eigenvalue weighted by Crippen LogP contribution is 2.26. The number of benzene rings is 1. The summed E-state index contributed by atoms with van der Waals surface area (Å²) < 4.78 is 22.3. The Labute approximate surface area is 80.4 Å². The van der Waals surface area contributed by atoms with Crippen molar-refractivity contribution in [2.45, 2.75) is 0 Å². The van der Waals surface area contributed by atoms with Crippen molar-refractivity contribution in [3.63, 3.8) is 0 Å². The summed E-state index contributed by atoms with van der Waals surface area (Å²) in [6.45, 7) is 0. The number of carbonyl (C=O) groups excluding carboxylic acids is 1. The van der Waals surface area contributed by atoms with Gasteiger partial charge < -0.3 is 15.2 Å². The molecular weight excluding hydrogens is 189 g/mol. The highest BCUT2D eigenvalue weighted by molar-refractivity contribution is 5.90. The summed E-state index contributed by atoms with van der Waals surface area (Å²) in [5.41, 5.74) is 5.29. The van der Waals surface area contributed by atoms with E-state index >= 15 is 0 Å². The maximum absolute atomic E-state index is 13.1. The van der Waals surface area contributed by atoms with Crippen LogP contribution in [0.15, 0.2) is 12.1 Å². The monoisotopic (exact) mass is 199 g/mol. The van der Waals surface area contributed by atoms with Gasteiger partial charge >= 0.3 is 5.97 Å².